The molecule has 0 atom stereocenters. The topological polar surface area (TPSA) is 42.4 Å². The summed E-state index contributed by atoms with van der Waals surface area (Å²) in [6.07, 6.45) is 0. The second-order valence-corrected chi connectivity index (χ2v) is 14.6. The molecule has 254 valence electrons. The van der Waals surface area contributed by atoms with E-state index in [4.69, 9.17) is 13.8 Å². The minimum Gasteiger partial charge on any atom is -0.456 e. The van der Waals surface area contributed by atoms with Crippen LogP contribution >= 0.6 is 11.3 Å². The van der Waals surface area contributed by atoms with Gasteiger partial charge in [-0.3, -0.25) is 0 Å². The van der Waals surface area contributed by atoms with Crippen LogP contribution in [-0.4, -0.2) is 4.98 Å². The maximum Gasteiger partial charge on any atom is 0.227 e. The van der Waals surface area contributed by atoms with Crippen molar-refractivity contribution in [3.05, 3.63) is 182 Å². The van der Waals surface area contributed by atoms with Crippen molar-refractivity contribution in [3.8, 4) is 33.7 Å². The van der Waals surface area contributed by atoms with Crippen LogP contribution in [0.3, 0.4) is 0 Å². The largest absolute Gasteiger partial charge is 0.456 e. The number of thiophene rings is 1. The predicted molar refractivity (Wildman–Crippen MR) is 225 cm³/mol. The van der Waals surface area contributed by atoms with Gasteiger partial charge < -0.3 is 13.7 Å². The molecule has 0 aliphatic rings. The summed E-state index contributed by atoms with van der Waals surface area (Å²) in [5.74, 6) is 0.564. The van der Waals surface area contributed by atoms with Crippen LogP contribution in [0.5, 0.6) is 0 Å². The van der Waals surface area contributed by atoms with Crippen LogP contribution in [0.2, 0.25) is 0 Å². The van der Waals surface area contributed by atoms with E-state index < -0.39 is 0 Å². The fourth-order valence-electron chi connectivity index (χ4n) is 7.78. The zero-order chi connectivity index (χ0) is 35.6. The molecule has 3 aromatic heterocycles. The van der Waals surface area contributed by atoms with E-state index in [1.54, 1.807) is 0 Å². The number of anilines is 3. The number of hydrogen-bond acceptors (Lipinski definition) is 5. The van der Waals surface area contributed by atoms with Gasteiger partial charge in [0.1, 0.15) is 16.7 Å². The number of oxazole rings is 1. The van der Waals surface area contributed by atoms with Crippen LogP contribution in [0, 0.1) is 0 Å². The Morgan fingerprint density at radius 1 is 0.463 bits per heavy atom. The monoisotopic (exact) mass is 710 g/mol. The first kappa shape index (κ1) is 30.7. The summed E-state index contributed by atoms with van der Waals surface area (Å²) < 4.78 is 16.0. The first-order valence-electron chi connectivity index (χ1n) is 18.0. The lowest BCUT2D eigenvalue weighted by Gasteiger charge is -2.26. The summed E-state index contributed by atoms with van der Waals surface area (Å²) in [7, 11) is 0. The lowest BCUT2D eigenvalue weighted by atomic mass is 10.0. The molecule has 11 rings (SSSR count). The zero-order valence-corrected chi connectivity index (χ0v) is 29.8. The van der Waals surface area contributed by atoms with Gasteiger partial charge in [-0.1, -0.05) is 127 Å². The van der Waals surface area contributed by atoms with E-state index in [1.807, 2.05) is 65.9 Å². The number of benzene rings is 8. The standard InChI is InChI=1S/C49H30N2O2S/c1-3-13-31(14-4-1)32-25-27-35(28-26-32)51(36-18-11-17-34(29-36)37-21-12-22-39-38-19-8-10-24-44(38)54-48(37)39)41-30-43-45(40-20-7-9-23-42(40)52-43)46-47(41)53-49(50-46)33-15-5-2-6-16-33/h1-30H. The molecule has 0 spiro atoms. The summed E-state index contributed by atoms with van der Waals surface area (Å²) in [6.45, 7) is 0. The lowest BCUT2D eigenvalue weighted by molar-refractivity contribution is 0.619. The quantitative estimate of drug-likeness (QED) is 0.172. The van der Waals surface area contributed by atoms with Gasteiger partial charge in [0.15, 0.2) is 5.58 Å². The van der Waals surface area contributed by atoms with Crippen LogP contribution in [0.25, 0.3) is 86.9 Å². The molecule has 0 unspecified atom stereocenters. The van der Waals surface area contributed by atoms with Crippen molar-refractivity contribution in [2.45, 2.75) is 0 Å². The number of rotatable bonds is 6. The van der Waals surface area contributed by atoms with Crippen LogP contribution in [0.4, 0.5) is 17.1 Å². The number of furan rings is 1. The predicted octanol–water partition coefficient (Wildman–Crippen LogP) is 14.6. The molecule has 0 fully saturated rings. The van der Waals surface area contributed by atoms with Gasteiger partial charge in [-0.05, 0) is 70.8 Å². The highest BCUT2D eigenvalue weighted by molar-refractivity contribution is 7.26. The van der Waals surface area contributed by atoms with Gasteiger partial charge >= 0.3 is 0 Å². The summed E-state index contributed by atoms with van der Waals surface area (Å²) >= 11 is 1.85. The third kappa shape index (κ3) is 4.94. The van der Waals surface area contributed by atoms with Crippen molar-refractivity contribution in [1.82, 2.24) is 4.98 Å². The van der Waals surface area contributed by atoms with Gasteiger partial charge in [-0.25, -0.2) is 4.98 Å². The number of nitrogens with zero attached hydrogens (tertiary/aromatic N) is 2. The Morgan fingerprint density at radius 3 is 1.96 bits per heavy atom. The average molecular weight is 711 g/mol. The third-order valence-corrected chi connectivity index (χ3v) is 11.5. The molecule has 0 radical (unpaired) electrons. The smallest absolute Gasteiger partial charge is 0.227 e. The van der Waals surface area contributed by atoms with Crippen LogP contribution < -0.4 is 4.90 Å². The van der Waals surface area contributed by atoms with E-state index in [2.05, 4.69) is 132 Å². The Morgan fingerprint density at radius 2 is 1.13 bits per heavy atom. The fourth-order valence-corrected chi connectivity index (χ4v) is 9.02. The summed E-state index contributed by atoms with van der Waals surface area (Å²) in [4.78, 5) is 7.46. The Balaban J connectivity index is 1.17. The van der Waals surface area contributed by atoms with Gasteiger partial charge in [-0.2, -0.15) is 0 Å². The molecule has 8 aromatic carbocycles. The minimum absolute atomic E-state index is 0.564. The van der Waals surface area contributed by atoms with E-state index >= 15 is 0 Å². The summed E-state index contributed by atoms with van der Waals surface area (Å²) in [5, 5.41) is 4.52. The Labute approximate surface area is 314 Å². The van der Waals surface area contributed by atoms with Gasteiger partial charge in [-0.15, -0.1) is 11.3 Å². The molecule has 3 heterocycles. The molecule has 0 N–H and O–H groups in total. The summed E-state index contributed by atoms with van der Waals surface area (Å²) in [5.41, 5.74) is 11.4. The van der Waals surface area contributed by atoms with Gasteiger partial charge in [0, 0.05) is 48.6 Å². The Kier molecular flexibility index (Phi) is 7.00. The molecule has 0 amide bonds. The normalized spacial score (nSPS) is 11.7. The van der Waals surface area contributed by atoms with Crippen molar-refractivity contribution >= 4 is 81.6 Å². The number of aromatic nitrogens is 1. The maximum atomic E-state index is 6.84. The highest BCUT2D eigenvalue weighted by atomic mass is 32.1. The van der Waals surface area contributed by atoms with Gasteiger partial charge in [0.2, 0.25) is 5.89 Å². The third-order valence-electron chi connectivity index (χ3n) is 10.3. The zero-order valence-electron chi connectivity index (χ0n) is 28.9. The molecule has 0 bridgehead atoms. The molecular formula is C49H30N2O2S. The fraction of sp³-hybridized carbons (Fsp3) is 0. The molecule has 0 saturated carbocycles. The van der Waals surface area contributed by atoms with Crippen LogP contribution in [-0.2, 0) is 0 Å². The molecule has 11 aromatic rings. The Hall–Kier alpha value is -6.95. The van der Waals surface area contributed by atoms with E-state index in [0.29, 0.717) is 11.5 Å². The second kappa shape index (κ2) is 12.3. The van der Waals surface area contributed by atoms with Crippen molar-refractivity contribution < 1.29 is 8.83 Å². The molecule has 5 heteroatoms. The van der Waals surface area contributed by atoms with Crippen molar-refractivity contribution in [1.29, 1.82) is 0 Å². The van der Waals surface area contributed by atoms with Crippen molar-refractivity contribution in [2.75, 3.05) is 4.90 Å². The van der Waals surface area contributed by atoms with Crippen LogP contribution in [0.1, 0.15) is 0 Å². The van der Waals surface area contributed by atoms with E-state index in [9.17, 15) is 0 Å². The first-order valence-corrected chi connectivity index (χ1v) is 18.8. The van der Waals surface area contributed by atoms with Gasteiger partial charge in [0.25, 0.3) is 0 Å². The number of hydrogen-bond donors (Lipinski definition) is 0. The average Bonchev–Trinajstić information content (AvgIpc) is 3.96. The highest BCUT2D eigenvalue weighted by Crippen LogP contribution is 2.47. The second-order valence-electron chi connectivity index (χ2n) is 13.5. The Bertz CT molecular complexity index is 3160. The van der Waals surface area contributed by atoms with E-state index in [0.717, 1.165) is 61.2 Å². The summed E-state index contributed by atoms with van der Waals surface area (Å²) in [6, 6.07) is 63.7. The molecular weight excluding hydrogens is 681 g/mol. The molecule has 4 nitrogen and oxygen atoms in total. The van der Waals surface area contributed by atoms with E-state index in [-0.39, 0.29) is 0 Å². The molecule has 54 heavy (non-hydrogen) atoms. The number of para-hydroxylation sites is 1. The van der Waals surface area contributed by atoms with E-state index in [1.165, 1.54) is 31.3 Å². The minimum atomic E-state index is 0.564. The van der Waals surface area contributed by atoms with Crippen LogP contribution in [0.15, 0.2) is 191 Å². The lowest BCUT2D eigenvalue weighted by Crippen LogP contribution is -2.10. The van der Waals surface area contributed by atoms with Crippen molar-refractivity contribution in [2.24, 2.45) is 0 Å². The van der Waals surface area contributed by atoms with Crippen molar-refractivity contribution in [3.63, 3.8) is 0 Å². The first-order chi connectivity index (χ1) is 26.8. The SMILES string of the molecule is c1ccc(-c2ccc(N(c3cccc(-c4cccc5c4sc4ccccc45)c3)c3cc4oc5ccccc5c4c4nc(-c5ccccc5)oc34)cc2)cc1. The molecule has 0 aliphatic heterocycles. The highest BCUT2D eigenvalue weighted by Gasteiger charge is 2.25. The number of fused-ring (bicyclic) bond motifs is 8. The molecule has 0 saturated heterocycles. The van der Waals surface area contributed by atoms with Gasteiger partial charge in [0.05, 0.1) is 11.1 Å². The molecule has 0 aliphatic carbocycles. The maximum absolute atomic E-state index is 6.84.